The first kappa shape index (κ1) is 11.4. The SMILES string of the molecule is CC(n1ccnc1-c1cccc(F)c1)C1(O)CC1. The van der Waals surface area contributed by atoms with Crippen LogP contribution in [0.5, 0.6) is 0 Å². The zero-order chi connectivity index (χ0) is 12.8. The lowest BCUT2D eigenvalue weighted by Crippen LogP contribution is -2.23. The third-order valence-electron chi connectivity index (χ3n) is 3.71. The minimum atomic E-state index is -0.622. The predicted octanol–water partition coefficient (Wildman–Crippen LogP) is 2.78. The van der Waals surface area contributed by atoms with E-state index in [0.29, 0.717) is 5.82 Å². The third kappa shape index (κ3) is 1.82. The van der Waals surface area contributed by atoms with E-state index in [1.165, 1.54) is 12.1 Å². The minimum absolute atomic E-state index is 0.0433. The molecule has 3 nitrogen and oxygen atoms in total. The van der Waals surface area contributed by atoms with Gasteiger partial charge in [-0.15, -0.1) is 0 Å². The topological polar surface area (TPSA) is 38.0 Å². The first-order chi connectivity index (χ1) is 8.60. The van der Waals surface area contributed by atoms with Gasteiger partial charge in [0.1, 0.15) is 11.6 Å². The molecule has 1 saturated carbocycles. The van der Waals surface area contributed by atoms with Gasteiger partial charge in [0.25, 0.3) is 0 Å². The minimum Gasteiger partial charge on any atom is -0.388 e. The van der Waals surface area contributed by atoms with Crippen molar-refractivity contribution in [1.82, 2.24) is 9.55 Å². The number of hydrogen-bond donors (Lipinski definition) is 1. The molecule has 1 unspecified atom stereocenters. The van der Waals surface area contributed by atoms with Gasteiger partial charge in [0, 0.05) is 18.0 Å². The molecule has 1 aromatic carbocycles. The standard InChI is InChI=1S/C14H15FN2O/c1-10(14(18)5-6-14)17-8-7-16-13(17)11-3-2-4-12(15)9-11/h2-4,7-10,18H,5-6H2,1H3. The van der Waals surface area contributed by atoms with Gasteiger partial charge in [-0.2, -0.15) is 0 Å². The number of nitrogens with zero attached hydrogens (tertiary/aromatic N) is 2. The lowest BCUT2D eigenvalue weighted by atomic mass is 10.1. The summed E-state index contributed by atoms with van der Waals surface area (Å²) in [6.45, 7) is 1.97. The van der Waals surface area contributed by atoms with Gasteiger partial charge in [-0.1, -0.05) is 12.1 Å². The summed E-state index contributed by atoms with van der Waals surface area (Å²) < 4.78 is 15.2. The van der Waals surface area contributed by atoms with Gasteiger partial charge in [0.05, 0.1) is 11.6 Å². The number of rotatable bonds is 3. The Kier molecular flexibility index (Phi) is 2.48. The first-order valence-corrected chi connectivity index (χ1v) is 6.11. The average Bonchev–Trinajstić information content (AvgIpc) is 2.94. The average molecular weight is 246 g/mol. The predicted molar refractivity (Wildman–Crippen MR) is 66.5 cm³/mol. The summed E-state index contributed by atoms with van der Waals surface area (Å²) in [5, 5.41) is 10.2. The Hall–Kier alpha value is -1.68. The van der Waals surface area contributed by atoms with E-state index in [9.17, 15) is 9.50 Å². The lowest BCUT2D eigenvalue weighted by Gasteiger charge is -2.21. The Bertz CT molecular complexity index is 575. The van der Waals surface area contributed by atoms with Gasteiger partial charge in [0.15, 0.2) is 0 Å². The Morgan fingerprint density at radius 2 is 2.22 bits per heavy atom. The van der Waals surface area contributed by atoms with Crippen LogP contribution in [0.1, 0.15) is 25.8 Å². The number of halogens is 1. The van der Waals surface area contributed by atoms with Gasteiger partial charge in [0.2, 0.25) is 0 Å². The van der Waals surface area contributed by atoms with Crippen molar-refractivity contribution in [3.63, 3.8) is 0 Å². The smallest absolute Gasteiger partial charge is 0.140 e. The third-order valence-corrected chi connectivity index (χ3v) is 3.71. The Morgan fingerprint density at radius 1 is 1.44 bits per heavy atom. The molecule has 1 heterocycles. The zero-order valence-corrected chi connectivity index (χ0v) is 10.2. The number of imidazole rings is 1. The van der Waals surface area contributed by atoms with Gasteiger partial charge >= 0.3 is 0 Å². The summed E-state index contributed by atoms with van der Waals surface area (Å²) >= 11 is 0. The molecular formula is C14H15FN2O. The van der Waals surface area contributed by atoms with Crippen LogP contribution >= 0.6 is 0 Å². The van der Waals surface area contributed by atoms with Crippen LogP contribution in [0.4, 0.5) is 4.39 Å². The second-order valence-corrected chi connectivity index (χ2v) is 4.95. The molecule has 1 N–H and O–H groups in total. The molecule has 0 bridgehead atoms. The molecule has 0 spiro atoms. The quantitative estimate of drug-likeness (QED) is 0.904. The highest BCUT2D eigenvalue weighted by molar-refractivity contribution is 5.55. The summed E-state index contributed by atoms with van der Waals surface area (Å²) in [5.74, 6) is 0.419. The molecule has 1 aliphatic rings. The van der Waals surface area contributed by atoms with Crippen LogP contribution in [0.2, 0.25) is 0 Å². The van der Waals surface area contributed by atoms with E-state index >= 15 is 0 Å². The fourth-order valence-electron chi connectivity index (χ4n) is 2.28. The van der Waals surface area contributed by atoms with Crippen LogP contribution in [-0.4, -0.2) is 20.3 Å². The van der Waals surface area contributed by atoms with E-state index in [1.807, 2.05) is 23.8 Å². The van der Waals surface area contributed by atoms with Gasteiger partial charge < -0.3 is 9.67 Å². The monoisotopic (exact) mass is 246 g/mol. The van der Waals surface area contributed by atoms with E-state index < -0.39 is 5.60 Å². The lowest BCUT2D eigenvalue weighted by molar-refractivity contribution is 0.0962. The number of aliphatic hydroxyl groups is 1. The van der Waals surface area contributed by atoms with Crippen molar-refractivity contribution in [1.29, 1.82) is 0 Å². The van der Waals surface area contributed by atoms with Crippen molar-refractivity contribution in [2.24, 2.45) is 0 Å². The molecule has 3 rings (SSSR count). The first-order valence-electron chi connectivity index (χ1n) is 6.11. The molecule has 0 amide bonds. The van der Waals surface area contributed by atoms with E-state index in [-0.39, 0.29) is 11.9 Å². The maximum Gasteiger partial charge on any atom is 0.140 e. The highest BCUT2D eigenvalue weighted by atomic mass is 19.1. The molecule has 94 valence electrons. The summed E-state index contributed by atoms with van der Waals surface area (Å²) in [5.41, 5.74) is 0.110. The highest BCUT2D eigenvalue weighted by Crippen LogP contribution is 2.45. The molecule has 0 radical (unpaired) electrons. The van der Waals surface area contributed by atoms with Crippen molar-refractivity contribution in [2.45, 2.75) is 31.4 Å². The van der Waals surface area contributed by atoms with Crippen LogP contribution in [0, 0.1) is 5.82 Å². The van der Waals surface area contributed by atoms with Gasteiger partial charge in [-0.3, -0.25) is 0 Å². The molecular weight excluding hydrogens is 231 g/mol. The van der Waals surface area contributed by atoms with E-state index in [4.69, 9.17) is 0 Å². The Labute approximate surface area is 105 Å². The maximum atomic E-state index is 13.3. The maximum absolute atomic E-state index is 13.3. The molecule has 1 aromatic heterocycles. The second-order valence-electron chi connectivity index (χ2n) is 4.95. The Morgan fingerprint density at radius 3 is 2.89 bits per heavy atom. The Balaban J connectivity index is 2.01. The molecule has 18 heavy (non-hydrogen) atoms. The summed E-state index contributed by atoms with van der Waals surface area (Å²) in [6, 6.07) is 6.32. The number of aromatic nitrogens is 2. The normalized spacial score (nSPS) is 18.6. The van der Waals surface area contributed by atoms with Crippen LogP contribution in [-0.2, 0) is 0 Å². The van der Waals surface area contributed by atoms with Gasteiger partial charge in [-0.25, -0.2) is 9.37 Å². The molecule has 1 fully saturated rings. The molecule has 4 heteroatoms. The highest BCUT2D eigenvalue weighted by Gasteiger charge is 2.46. The van der Waals surface area contributed by atoms with E-state index in [0.717, 1.165) is 18.4 Å². The van der Waals surface area contributed by atoms with E-state index in [2.05, 4.69) is 4.98 Å². The fourth-order valence-corrected chi connectivity index (χ4v) is 2.28. The number of benzene rings is 1. The summed E-state index contributed by atoms with van der Waals surface area (Å²) in [6.07, 6.45) is 5.15. The van der Waals surface area contributed by atoms with Crippen LogP contribution in [0.25, 0.3) is 11.4 Å². The van der Waals surface area contributed by atoms with Crippen LogP contribution < -0.4 is 0 Å². The number of hydrogen-bond acceptors (Lipinski definition) is 2. The van der Waals surface area contributed by atoms with Crippen molar-refractivity contribution < 1.29 is 9.50 Å². The van der Waals surface area contributed by atoms with Crippen molar-refractivity contribution in [3.8, 4) is 11.4 Å². The molecule has 0 aliphatic heterocycles. The van der Waals surface area contributed by atoms with Crippen LogP contribution in [0.15, 0.2) is 36.7 Å². The second kappa shape index (κ2) is 3.92. The van der Waals surface area contributed by atoms with Crippen molar-refractivity contribution in [2.75, 3.05) is 0 Å². The largest absolute Gasteiger partial charge is 0.388 e. The van der Waals surface area contributed by atoms with Gasteiger partial charge in [-0.05, 0) is 31.9 Å². The summed E-state index contributed by atoms with van der Waals surface area (Å²) in [7, 11) is 0. The molecule has 2 aromatic rings. The fraction of sp³-hybridized carbons (Fsp3) is 0.357. The van der Waals surface area contributed by atoms with Crippen molar-refractivity contribution >= 4 is 0 Å². The molecule has 0 saturated heterocycles. The van der Waals surface area contributed by atoms with Crippen molar-refractivity contribution in [3.05, 3.63) is 42.5 Å². The zero-order valence-electron chi connectivity index (χ0n) is 10.2. The molecule has 1 atom stereocenters. The molecule has 1 aliphatic carbocycles. The van der Waals surface area contributed by atoms with E-state index in [1.54, 1.807) is 12.3 Å². The van der Waals surface area contributed by atoms with Crippen LogP contribution in [0.3, 0.4) is 0 Å². The summed E-state index contributed by atoms with van der Waals surface area (Å²) in [4.78, 5) is 4.28.